The number of hydrogen-bond acceptors (Lipinski definition) is 5. The van der Waals surface area contributed by atoms with Gasteiger partial charge in [0.05, 0.1) is 10.9 Å². The standard InChI is InChI=1S/C27H33N5O2/c33-26(28-12-14-30-15-17-31(18-16-30)20-21-7-3-1-4-8-21)22-10-11-23-24(19-22)29-25-9-5-2-6-13-32(25)27(23)34/h1,3-4,7-8,10-11,19H,2,5-6,9,12-18,20H2,(H,28,33). The van der Waals surface area contributed by atoms with Crippen molar-refractivity contribution in [2.75, 3.05) is 39.3 Å². The van der Waals surface area contributed by atoms with Gasteiger partial charge < -0.3 is 5.32 Å². The maximum Gasteiger partial charge on any atom is 0.261 e. The maximum atomic E-state index is 12.9. The molecule has 2 aliphatic heterocycles. The van der Waals surface area contributed by atoms with Crippen molar-refractivity contribution in [3.63, 3.8) is 0 Å². The summed E-state index contributed by atoms with van der Waals surface area (Å²) in [5.74, 6) is 0.737. The molecule has 178 valence electrons. The molecule has 0 spiro atoms. The highest BCUT2D eigenvalue weighted by Gasteiger charge is 2.18. The number of fused-ring (bicyclic) bond motifs is 2. The van der Waals surface area contributed by atoms with E-state index < -0.39 is 0 Å². The number of nitrogens with one attached hydrogen (secondary N) is 1. The first-order valence-corrected chi connectivity index (χ1v) is 12.5. The summed E-state index contributed by atoms with van der Waals surface area (Å²) in [6.07, 6.45) is 4.01. The van der Waals surface area contributed by atoms with Gasteiger partial charge in [0.1, 0.15) is 5.82 Å². The number of nitrogens with zero attached hydrogens (tertiary/aromatic N) is 4. The summed E-state index contributed by atoms with van der Waals surface area (Å²) in [7, 11) is 0. The molecular formula is C27H33N5O2. The van der Waals surface area contributed by atoms with Gasteiger partial charge in [-0.25, -0.2) is 4.98 Å². The van der Waals surface area contributed by atoms with Gasteiger partial charge in [-0.3, -0.25) is 24.0 Å². The summed E-state index contributed by atoms with van der Waals surface area (Å²) in [6, 6.07) is 15.9. The second-order valence-electron chi connectivity index (χ2n) is 9.39. The van der Waals surface area contributed by atoms with Gasteiger partial charge in [-0.05, 0) is 36.6 Å². The Labute approximate surface area is 200 Å². The van der Waals surface area contributed by atoms with Crippen molar-refractivity contribution in [3.05, 3.63) is 75.8 Å². The Balaban J connectivity index is 1.14. The van der Waals surface area contributed by atoms with Gasteiger partial charge in [0.25, 0.3) is 11.5 Å². The molecule has 1 N–H and O–H groups in total. The minimum absolute atomic E-state index is 0.0141. The monoisotopic (exact) mass is 459 g/mol. The summed E-state index contributed by atoms with van der Waals surface area (Å²) in [5.41, 5.74) is 2.55. The summed E-state index contributed by atoms with van der Waals surface area (Å²) in [5, 5.41) is 3.64. The van der Waals surface area contributed by atoms with Crippen molar-refractivity contribution in [2.24, 2.45) is 0 Å². The molecule has 3 heterocycles. The maximum absolute atomic E-state index is 12.9. The van der Waals surface area contributed by atoms with E-state index in [1.54, 1.807) is 18.2 Å². The molecule has 0 atom stereocenters. The lowest BCUT2D eigenvalue weighted by Crippen LogP contribution is -2.48. The van der Waals surface area contributed by atoms with Crippen LogP contribution in [0.4, 0.5) is 0 Å². The third kappa shape index (κ3) is 5.21. The Morgan fingerprint density at radius 1 is 0.912 bits per heavy atom. The quantitative estimate of drug-likeness (QED) is 0.614. The van der Waals surface area contributed by atoms with E-state index in [1.165, 1.54) is 5.56 Å². The number of benzene rings is 2. The van der Waals surface area contributed by atoms with Crippen molar-refractivity contribution >= 4 is 16.8 Å². The molecule has 7 nitrogen and oxygen atoms in total. The summed E-state index contributed by atoms with van der Waals surface area (Å²) >= 11 is 0. The van der Waals surface area contributed by atoms with E-state index in [9.17, 15) is 9.59 Å². The van der Waals surface area contributed by atoms with Crippen LogP contribution in [0.5, 0.6) is 0 Å². The van der Waals surface area contributed by atoms with Gasteiger partial charge in [0.2, 0.25) is 0 Å². The second-order valence-corrected chi connectivity index (χ2v) is 9.39. The largest absolute Gasteiger partial charge is 0.351 e. The van der Waals surface area contributed by atoms with E-state index in [2.05, 4.69) is 45.4 Å². The zero-order valence-corrected chi connectivity index (χ0v) is 19.7. The van der Waals surface area contributed by atoms with Crippen molar-refractivity contribution in [2.45, 2.75) is 38.8 Å². The fourth-order valence-electron chi connectivity index (χ4n) is 5.00. The molecule has 2 aromatic carbocycles. The number of carbonyl (C=O) groups excluding carboxylic acids is 1. The number of carbonyl (C=O) groups is 1. The van der Waals surface area contributed by atoms with Crippen LogP contribution in [0.3, 0.4) is 0 Å². The molecule has 0 unspecified atom stereocenters. The zero-order valence-electron chi connectivity index (χ0n) is 19.7. The molecule has 7 heteroatoms. The van der Waals surface area contributed by atoms with Crippen LogP contribution < -0.4 is 10.9 Å². The predicted molar refractivity (Wildman–Crippen MR) is 134 cm³/mol. The number of piperazine rings is 1. The third-order valence-corrected chi connectivity index (χ3v) is 7.01. The Morgan fingerprint density at radius 3 is 2.53 bits per heavy atom. The molecule has 0 radical (unpaired) electrons. The Bertz CT molecular complexity index is 1200. The first kappa shape index (κ1) is 22.7. The van der Waals surface area contributed by atoms with Crippen molar-refractivity contribution < 1.29 is 4.79 Å². The lowest BCUT2D eigenvalue weighted by atomic mass is 10.1. The van der Waals surface area contributed by atoms with E-state index in [0.717, 1.165) is 77.3 Å². The lowest BCUT2D eigenvalue weighted by molar-refractivity contribution is 0.0934. The van der Waals surface area contributed by atoms with Crippen LogP contribution in [0.25, 0.3) is 10.9 Å². The molecule has 1 aromatic heterocycles. The Hall–Kier alpha value is -3.03. The summed E-state index contributed by atoms with van der Waals surface area (Å²) in [6.45, 7) is 7.28. The minimum Gasteiger partial charge on any atom is -0.351 e. The van der Waals surface area contributed by atoms with Crippen molar-refractivity contribution in [3.8, 4) is 0 Å². The average molecular weight is 460 g/mol. The lowest BCUT2D eigenvalue weighted by Gasteiger charge is -2.34. The molecule has 2 aliphatic rings. The first-order valence-electron chi connectivity index (χ1n) is 12.5. The molecule has 0 bridgehead atoms. The van der Waals surface area contributed by atoms with Gasteiger partial charge in [-0.2, -0.15) is 0 Å². The van der Waals surface area contributed by atoms with Crippen molar-refractivity contribution in [1.82, 2.24) is 24.7 Å². The van der Waals surface area contributed by atoms with Crippen molar-refractivity contribution in [1.29, 1.82) is 0 Å². The molecule has 34 heavy (non-hydrogen) atoms. The van der Waals surface area contributed by atoms with Crippen LogP contribution in [0, 0.1) is 0 Å². The molecule has 1 amide bonds. The van der Waals surface area contributed by atoms with Gasteiger partial charge in [0, 0.05) is 64.3 Å². The molecule has 1 saturated heterocycles. The molecule has 5 rings (SSSR count). The van der Waals surface area contributed by atoms with E-state index >= 15 is 0 Å². The molecular weight excluding hydrogens is 426 g/mol. The number of aryl methyl sites for hydroxylation is 1. The average Bonchev–Trinajstić information content (AvgIpc) is 3.11. The first-order chi connectivity index (χ1) is 16.7. The normalized spacial score (nSPS) is 17.3. The van der Waals surface area contributed by atoms with Crippen LogP contribution in [0.15, 0.2) is 53.3 Å². The highest BCUT2D eigenvalue weighted by molar-refractivity contribution is 5.97. The smallest absolute Gasteiger partial charge is 0.261 e. The van der Waals surface area contributed by atoms with Crippen LogP contribution in [-0.4, -0.2) is 64.5 Å². The molecule has 1 fully saturated rings. The van der Waals surface area contributed by atoms with Crippen LogP contribution in [0.2, 0.25) is 0 Å². The van der Waals surface area contributed by atoms with Gasteiger partial charge in [-0.1, -0.05) is 36.8 Å². The fraction of sp³-hybridized carbons (Fsp3) is 0.444. The fourth-order valence-corrected chi connectivity index (χ4v) is 5.00. The third-order valence-electron chi connectivity index (χ3n) is 7.01. The van der Waals surface area contributed by atoms with Gasteiger partial charge >= 0.3 is 0 Å². The van der Waals surface area contributed by atoms with Gasteiger partial charge in [-0.15, -0.1) is 0 Å². The van der Waals surface area contributed by atoms with Crippen LogP contribution in [0.1, 0.15) is 41.0 Å². The van der Waals surface area contributed by atoms with Gasteiger partial charge in [0.15, 0.2) is 0 Å². The highest BCUT2D eigenvalue weighted by Crippen LogP contribution is 2.16. The van der Waals surface area contributed by atoms with E-state index in [1.807, 2.05) is 4.57 Å². The minimum atomic E-state index is -0.110. The molecule has 0 saturated carbocycles. The van der Waals surface area contributed by atoms with Crippen LogP contribution >= 0.6 is 0 Å². The highest BCUT2D eigenvalue weighted by atomic mass is 16.1. The molecule has 0 aliphatic carbocycles. The number of rotatable bonds is 6. The molecule has 3 aromatic rings. The summed E-state index contributed by atoms with van der Waals surface area (Å²) in [4.78, 5) is 35.3. The number of amides is 1. The zero-order chi connectivity index (χ0) is 23.3. The Kier molecular flexibility index (Phi) is 7.02. The van der Waals surface area contributed by atoms with E-state index in [0.29, 0.717) is 23.0 Å². The van der Waals surface area contributed by atoms with Crippen LogP contribution in [-0.2, 0) is 19.5 Å². The SMILES string of the molecule is O=C(NCCN1CCN(Cc2ccccc2)CC1)c1ccc2c(=O)n3c(nc2c1)CCCCC3. The second kappa shape index (κ2) is 10.5. The topological polar surface area (TPSA) is 70.5 Å². The number of aromatic nitrogens is 2. The number of hydrogen-bond donors (Lipinski definition) is 1. The Morgan fingerprint density at radius 2 is 1.71 bits per heavy atom. The van der Waals surface area contributed by atoms with E-state index in [4.69, 9.17) is 4.98 Å². The van der Waals surface area contributed by atoms with E-state index in [-0.39, 0.29) is 11.5 Å². The summed E-state index contributed by atoms with van der Waals surface area (Å²) < 4.78 is 1.81. The predicted octanol–water partition coefficient (Wildman–Crippen LogP) is 2.67.